The van der Waals surface area contributed by atoms with Crippen LogP contribution in [0.4, 0.5) is 0 Å². The number of rotatable bonds is 4. The van der Waals surface area contributed by atoms with Gasteiger partial charge in [0.05, 0.1) is 18.3 Å². The van der Waals surface area contributed by atoms with Crippen molar-refractivity contribution in [2.24, 2.45) is 0 Å². The highest BCUT2D eigenvalue weighted by Gasteiger charge is 2.26. The number of carbonyl (C=O) groups excluding carboxylic acids is 1. The van der Waals surface area contributed by atoms with E-state index in [0.29, 0.717) is 13.0 Å². The van der Waals surface area contributed by atoms with Gasteiger partial charge in [0.25, 0.3) is 0 Å². The molecule has 0 unspecified atom stereocenters. The molecule has 1 saturated heterocycles. The Morgan fingerprint density at radius 2 is 2.04 bits per heavy atom. The van der Waals surface area contributed by atoms with Crippen LogP contribution < -0.4 is 0 Å². The summed E-state index contributed by atoms with van der Waals surface area (Å²) in [5.41, 5.74) is 2.00. The predicted octanol–water partition coefficient (Wildman–Crippen LogP) is 2.61. The van der Waals surface area contributed by atoms with Gasteiger partial charge in [-0.05, 0) is 18.4 Å². The largest absolute Gasteiger partial charge is 0.342 e. The maximum absolute atomic E-state index is 12.7. The first-order valence-electron chi connectivity index (χ1n) is 8.91. The number of amides is 1. The second-order valence-corrected chi connectivity index (χ2v) is 6.61. The quantitative estimate of drug-likeness (QED) is 0.728. The van der Waals surface area contributed by atoms with Crippen molar-refractivity contribution in [2.45, 2.75) is 25.2 Å². The molecule has 1 amide bonds. The molecule has 1 aromatic carbocycles. The number of piperidine rings is 1. The highest BCUT2D eigenvalue weighted by Crippen LogP contribution is 2.26. The Kier molecular flexibility index (Phi) is 4.73. The predicted molar refractivity (Wildman–Crippen MR) is 97.9 cm³/mol. The van der Waals surface area contributed by atoms with E-state index < -0.39 is 0 Å². The summed E-state index contributed by atoms with van der Waals surface area (Å²) in [6.07, 6.45) is 11.3. The van der Waals surface area contributed by atoms with Gasteiger partial charge in [0.2, 0.25) is 5.91 Å². The lowest BCUT2D eigenvalue weighted by Crippen LogP contribution is -2.40. The van der Waals surface area contributed by atoms with Gasteiger partial charge in [-0.25, -0.2) is 9.97 Å². The number of hydrogen-bond acceptors (Lipinski definition) is 4. The van der Waals surface area contributed by atoms with E-state index in [4.69, 9.17) is 4.98 Å². The van der Waals surface area contributed by atoms with E-state index >= 15 is 0 Å². The van der Waals surface area contributed by atoms with Gasteiger partial charge >= 0.3 is 0 Å². The zero-order chi connectivity index (χ0) is 17.8. The van der Waals surface area contributed by atoms with E-state index in [0.717, 1.165) is 36.5 Å². The number of aromatic nitrogens is 4. The van der Waals surface area contributed by atoms with Crippen LogP contribution in [-0.4, -0.2) is 43.4 Å². The lowest BCUT2D eigenvalue weighted by atomic mass is 9.94. The van der Waals surface area contributed by atoms with Crippen LogP contribution in [0.5, 0.6) is 0 Å². The van der Waals surface area contributed by atoms with E-state index in [2.05, 4.69) is 9.97 Å². The van der Waals surface area contributed by atoms with Crippen LogP contribution in [0.25, 0.3) is 5.82 Å². The van der Waals surface area contributed by atoms with Crippen molar-refractivity contribution in [3.63, 3.8) is 0 Å². The molecule has 0 saturated carbocycles. The van der Waals surface area contributed by atoms with Gasteiger partial charge < -0.3 is 4.90 Å². The molecule has 0 N–H and O–H groups in total. The molecule has 3 heterocycles. The molecular weight excluding hydrogens is 326 g/mol. The van der Waals surface area contributed by atoms with Crippen molar-refractivity contribution in [1.29, 1.82) is 0 Å². The van der Waals surface area contributed by atoms with Crippen molar-refractivity contribution < 1.29 is 4.79 Å². The SMILES string of the molecule is O=C(Cc1ccccc1)N1CCC[C@@H](c2cncc(-n3ccnc3)n2)C1. The summed E-state index contributed by atoms with van der Waals surface area (Å²) in [5.74, 6) is 1.16. The van der Waals surface area contributed by atoms with Crippen LogP contribution in [-0.2, 0) is 11.2 Å². The summed E-state index contributed by atoms with van der Waals surface area (Å²) in [4.78, 5) is 27.8. The number of hydrogen-bond donors (Lipinski definition) is 0. The Balaban J connectivity index is 1.47. The monoisotopic (exact) mass is 347 g/mol. The summed E-state index contributed by atoms with van der Waals surface area (Å²) in [7, 11) is 0. The average Bonchev–Trinajstić information content (AvgIpc) is 3.24. The molecular formula is C20H21N5O. The third-order valence-corrected chi connectivity index (χ3v) is 4.80. The van der Waals surface area contributed by atoms with E-state index in [9.17, 15) is 4.79 Å². The topological polar surface area (TPSA) is 63.9 Å². The minimum atomic E-state index is 0.180. The third-order valence-electron chi connectivity index (χ3n) is 4.80. The Morgan fingerprint density at radius 1 is 1.15 bits per heavy atom. The van der Waals surface area contributed by atoms with Crippen LogP contribution in [0.15, 0.2) is 61.4 Å². The highest BCUT2D eigenvalue weighted by atomic mass is 16.2. The van der Waals surface area contributed by atoms with E-state index in [-0.39, 0.29) is 11.8 Å². The molecule has 1 fully saturated rings. The zero-order valence-corrected chi connectivity index (χ0v) is 14.5. The van der Waals surface area contributed by atoms with Crippen LogP contribution in [0, 0.1) is 0 Å². The molecule has 26 heavy (non-hydrogen) atoms. The van der Waals surface area contributed by atoms with Crippen LogP contribution >= 0.6 is 0 Å². The average molecular weight is 347 g/mol. The smallest absolute Gasteiger partial charge is 0.227 e. The highest BCUT2D eigenvalue weighted by molar-refractivity contribution is 5.79. The van der Waals surface area contributed by atoms with E-state index in [1.165, 1.54) is 0 Å². The molecule has 0 spiro atoms. The molecule has 132 valence electrons. The normalized spacial score (nSPS) is 17.2. The number of imidazole rings is 1. The molecule has 6 heteroatoms. The van der Waals surface area contributed by atoms with Gasteiger partial charge in [-0.1, -0.05) is 30.3 Å². The van der Waals surface area contributed by atoms with Crippen molar-refractivity contribution in [3.8, 4) is 5.82 Å². The number of likely N-dealkylation sites (tertiary alicyclic amines) is 1. The molecule has 0 radical (unpaired) electrons. The lowest BCUT2D eigenvalue weighted by molar-refractivity contribution is -0.131. The number of benzene rings is 1. The fourth-order valence-electron chi connectivity index (χ4n) is 3.41. The summed E-state index contributed by atoms with van der Waals surface area (Å²) in [6, 6.07) is 9.91. The first kappa shape index (κ1) is 16.4. The standard InChI is InChI=1S/C20H21N5O/c26-20(11-16-5-2-1-3-6-16)24-9-4-7-17(14-24)18-12-22-13-19(23-18)25-10-8-21-15-25/h1-3,5-6,8,10,12-13,15,17H,4,7,9,11,14H2/t17-/m1/s1. The van der Waals surface area contributed by atoms with Crippen molar-refractivity contribution in [2.75, 3.05) is 13.1 Å². The Hall–Kier alpha value is -3.02. The first-order chi connectivity index (χ1) is 12.8. The second-order valence-electron chi connectivity index (χ2n) is 6.61. The van der Waals surface area contributed by atoms with Crippen molar-refractivity contribution in [3.05, 3.63) is 72.7 Å². The Labute approximate surface area is 152 Å². The maximum atomic E-state index is 12.7. The molecule has 1 aliphatic heterocycles. The Bertz CT molecular complexity index is 863. The molecule has 1 atom stereocenters. The molecule has 0 bridgehead atoms. The maximum Gasteiger partial charge on any atom is 0.227 e. The Morgan fingerprint density at radius 3 is 2.85 bits per heavy atom. The van der Waals surface area contributed by atoms with Gasteiger partial charge in [0.15, 0.2) is 5.82 Å². The van der Waals surface area contributed by atoms with Gasteiger partial charge in [0, 0.05) is 37.6 Å². The summed E-state index contributed by atoms with van der Waals surface area (Å²) < 4.78 is 1.84. The molecule has 2 aromatic heterocycles. The van der Waals surface area contributed by atoms with Gasteiger partial charge in [-0.15, -0.1) is 0 Å². The molecule has 4 rings (SSSR count). The van der Waals surface area contributed by atoms with E-state index in [1.807, 2.05) is 52.2 Å². The summed E-state index contributed by atoms with van der Waals surface area (Å²) in [5, 5.41) is 0. The van der Waals surface area contributed by atoms with Crippen LogP contribution in [0.1, 0.15) is 30.0 Å². The zero-order valence-electron chi connectivity index (χ0n) is 14.5. The minimum absolute atomic E-state index is 0.180. The lowest BCUT2D eigenvalue weighted by Gasteiger charge is -2.32. The third kappa shape index (κ3) is 3.64. The minimum Gasteiger partial charge on any atom is -0.342 e. The fraction of sp³-hybridized carbons (Fsp3) is 0.300. The fourth-order valence-corrected chi connectivity index (χ4v) is 3.41. The van der Waals surface area contributed by atoms with Crippen molar-refractivity contribution >= 4 is 5.91 Å². The van der Waals surface area contributed by atoms with Gasteiger partial charge in [-0.3, -0.25) is 14.3 Å². The molecule has 0 aliphatic carbocycles. The number of nitrogens with zero attached hydrogens (tertiary/aromatic N) is 5. The number of carbonyl (C=O) groups is 1. The van der Waals surface area contributed by atoms with Crippen LogP contribution in [0.3, 0.4) is 0 Å². The van der Waals surface area contributed by atoms with Crippen LogP contribution in [0.2, 0.25) is 0 Å². The van der Waals surface area contributed by atoms with Gasteiger partial charge in [0.1, 0.15) is 6.33 Å². The molecule has 6 nitrogen and oxygen atoms in total. The molecule has 1 aliphatic rings. The summed E-state index contributed by atoms with van der Waals surface area (Å²) in [6.45, 7) is 1.52. The van der Waals surface area contributed by atoms with E-state index in [1.54, 1.807) is 18.7 Å². The van der Waals surface area contributed by atoms with Crippen molar-refractivity contribution in [1.82, 2.24) is 24.4 Å². The molecule has 3 aromatic rings. The summed E-state index contributed by atoms with van der Waals surface area (Å²) >= 11 is 0. The first-order valence-corrected chi connectivity index (χ1v) is 8.91. The second kappa shape index (κ2) is 7.47. The van der Waals surface area contributed by atoms with Gasteiger partial charge in [-0.2, -0.15) is 0 Å².